The molecule has 0 rings (SSSR count). The van der Waals surface area contributed by atoms with Crippen molar-refractivity contribution in [2.75, 3.05) is 13.0 Å². The van der Waals surface area contributed by atoms with E-state index in [4.69, 9.17) is 9.60 Å². The van der Waals surface area contributed by atoms with Crippen molar-refractivity contribution in [1.82, 2.24) is 5.32 Å². The third-order valence-corrected chi connectivity index (χ3v) is 0.526. The number of hydrogen-bond acceptors (Lipinski definition) is 1. The minimum absolute atomic E-state index is 0.239. The van der Waals surface area contributed by atoms with Crippen molar-refractivity contribution in [3.8, 4) is 0 Å². The van der Waals surface area contributed by atoms with Crippen LogP contribution in [0.2, 0.25) is 0 Å². The van der Waals surface area contributed by atoms with Gasteiger partial charge in [0.05, 0.1) is 0 Å². The second kappa shape index (κ2) is 5.96. The zero-order chi connectivity index (χ0) is 11.6. The highest BCUT2D eigenvalue weighted by atomic mass is 14.8. The number of nitrogens with one attached hydrogen (secondary N) is 1. The van der Waals surface area contributed by atoms with E-state index >= 15 is 0 Å². The maximum absolute atomic E-state index is 7.31. The minimum Gasteiger partial charge on any atom is -0.317 e. The van der Waals surface area contributed by atoms with Crippen molar-refractivity contribution in [1.29, 1.82) is 0 Å². The Kier molecular flexibility index (Phi) is 1.25. The molecule has 44 valence electrons. The molecule has 1 N–H and O–H groups in total. The summed E-state index contributed by atoms with van der Waals surface area (Å²) in [4.78, 5) is 0. The van der Waals surface area contributed by atoms with Gasteiger partial charge in [-0.2, -0.15) is 0 Å². The molecule has 0 aromatic heterocycles. The molecule has 0 aliphatic rings. The summed E-state index contributed by atoms with van der Waals surface area (Å²) in [6.45, 7) is -3.50. The zero-order valence-electron chi connectivity index (χ0n) is 11.4. The molecular formula is C6H15N. The standard InChI is InChI=1S/C6H15N/c1-3-5-7-6-4-2/h7H,3-6H2,1-2H3/i1D3,3D2,5D2. The molecule has 0 heterocycles. The van der Waals surface area contributed by atoms with E-state index in [-0.39, 0.29) is 6.54 Å². The van der Waals surface area contributed by atoms with E-state index in [1.54, 1.807) is 6.92 Å². The van der Waals surface area contributed by atoms with Gasteiger partial charge in [0.15, 0.2) is 0 Å². The SMILES string of the molecule is [2H]C([2H])([2H])C([2H])([2H])C([2H])([2H])NCCC. The van der Waals surface area contributed by atoms with E-state index in [1.165, 1.54) is 0 Å². The fourth-order valence-corrected chi connectivity index (χ4v) is 0.232. The van der Waals surface area contributed by atoms with Crippen molar-refractivity contribution < 1.29 is 9.60 Å². The van der Waals surface area contributed by atoms with E-state index in [1.807, 2.05) is 0 Å². The van der Waals surface area contributed by atoms with Crippen molar-refractivity contribution in [3.63, 3.8) is 0 Å². The number of rotatable bonds is 4. The molecule has 0 unspecified atom stereocenters. The summed E-state index contributed by atoms with van der Waals surface area (Å²) in [5.74, 6) is 0. The summed E-state index contributed by atoms with van der Waals surface area (Å²) in [7, 11) is 0. The Hall–Kier alpha value is -0.0400. The fraction of sp³-hybridized carbons (Fsp3) is 1.00. The summed E-state index contributed by atoms with van der Waals surface area (Å²) in [5.41, 5.74) is 0. The lowest BCUT2D eigenvalue weighted by Crippen LogP contribution is -2.14. The Balaban J connectivity index is 4.69. The quantitative estimate of drug-likeness (QED) is 0.574. The Morgan fingerprint density at radius 2 is 2.71 bits per heavy atom. The topological polar surface area (TPSA) is 12.0 Å². The molecule has 0 saturated heterocycles. The van der Waals surface area contributed by atoms with Crippen LogP contribution in [0.25, 0.3) is 0 Å². The van der Waals surface area contributed by atoms with Gasteiger partial charge in [0.25, 0.3) is 0 Å². The maximum atomic E-state index is 7.31. The van der Waals surface area contributed by atoms with E-state index in [0.29, 0.717) is 6.42 Å². The van der Waals surface area contributed by atoms with Crippen molar-refractivity contribution in [3.05, 3.63) is 0 Å². The van der Waals surface area contributed by atoms with E-state index in [9.17, 15) is 0 Å². The summed E-state index contributed by atoms with van der Waals surface area (Å²) < 4.78 is 49.8. The second-order valence-electron chi connectivity index (χ2n) is 1.18. The van der Waals surface area contributed by atoms with Crippen molar-refractivity contribution in [2.45, 2.75) is 26.6 Å². The monoisotopic (exact) mass is 108 g/mol. The zero-order valence-corrected chi connectivity index (χ0v) is 4.41. The fourth-order valence-electron chi connectivity index (χ4n) is 0.232. The van der Waals surface area contributed by atoms with Gasteiger partial charge in [-0.15, -0.1) is 0 Å². The van der Waals surface area contributed by atoms with Crippen LogP contribution in [0, 0.1) is 0 Å². The third-order valence-electron chi connectivity index (χ3n) is 0.526. The van der Waals surface area contributed by atoms with Crippen LogP contribution < -0.4 is 5.32 Å². The lowest BCUT2D eigenvalue weighted by atomic mass is 10.4. The van der Waals surface area contributed by atoms with Crippen LogP contribution in [0.3, 0.4) is 0 Å². The van der Waals surface area contributed by atoms with E-state index in [0.717, 1.165) is 0 Å². The highest BCUT2D eigenvalue weighted by Crippen LogP contribution is 1.71. The average Bonchev–Trinajstić information content (AvgIpc) is 1.98. The van der Waals surface area contributed by atoms with Gasteiger partial charge < -0.3 is 5.32 Å². The Morgan fingerprint density at radius 1 is 1.86 bits per heavy atom. The van der Waals surface area contributed by atoms with Gasteiger partial charge >= 0.3 is 0 Å². The predicted octanol–water partition coefficient (Wildman–Crippen LogP) is 1.40. The molecule has 0 saturated carbocycles. The van der Waals surface area contributed by atoms with Gasteiger partial charge in [-0.1, -0.05) is 13.8 Å². The minimum atomic E-state index is -2.97. The van der Waals surface area contributed by atoms with E-state index < -0.39 is 19.7 Å². The summed E-state index contributed by atoms with van der Waals surface area (Å²) >= 11 is 0. The molecule has 0 aromatic carbocycles. The second-order valence-corrected chi connectivity index (χ2v) is 1.18. The van der Waals surface area contributed by atoms with Gasteiger partial charge in [-0.05, 0) is 25.8 Å². The molecule has 1 nitrogen and oxygen atoms in total. The van der Waals surface area contributed by atoms with Gasteiger partial charge in [0, 0.05) is 9.60 Å². The molecule has 0 radical (unpaired) electrons. The molecule has 0 amide bonds. The van der Waals surface area contributed by atoms with Crippen LogP contribution in [0.15, 0.2) is 0 Å². The van der Waals surface area contributed by atoms with Crippen LogP contribution in [0.5, 0.6) is 0 Å². The first-order valence-electron chi connectivity index (χ1n) is 5.81. The molecule has 1 heteroatoms. The Morgan fingerprint density at radius 3 is 3.29 bits per heavy atom. The third kappa shape index (κ3) is 5.96. The highest BCUT2D eigenvalue weighted by Gasteiger charge is 1.76. The number of hydrogen-bond donors (Lipinski definition) is 1. The van der Waals surface area contributed by atoms with Gasteiger partial charge in [0.1, 0.15) is 0 Å². The predicted molar refractivity (Wildman–Crippen MR) is 33.5 cm³/mol. The summed E-state index contributed by atoms with van der Waals surface area (Å²) in [6, 6.07) is 0. The van der Waals surface area contributed by atoms with Crippen LogP contribution in [-0.2, 0) is 0 Å². The molecular weight excluding hydrogens is 86.1 g/mol. The molecule has 0 aliphatic heterocycles. The molecule has 0 aliphatic carbocycles. The van der Waals surface area contributed by atoms with Gasteiger partial charge in [0.2, 0.25) is 0 Å². The van der Waals surface area contributed by atoms with Crippen LogP contribution in [0.1, 0.15) is 36.2 Å². The average molecular weight is 108 g/mol. The molecule has 0 spiro atoms. The summed E-state index contributed by atoms with van der Waals surface area (Å²) in [5, 5.41) is 2.25. The van der Waals surface area contributed by atoms with Gasteiger partial charge in [-0.3, -0.25) is 0 Å². The lowest BCUT2D eigenvalue weighted by Gasteiger charge is -1.95. The van der Waals surface area contributed by atoms with Crippen LogP contribution >= 0.6 is 0 Å². The Bertz CT molecular complexity index is 185. The molecule has 0 aromatic rings. The lowest BCUT2D eigenvalue weighted by molar-refractivity contribution is 0.662. The smallest absolute Gasteiger partial charge is 0.0428 e. The molecule has 7 heavy (non-hydrogen) atoms. The summed E-state index contributed by atoms with van der Waals surface area (Å²) in [6.07, 6.45) is -2.29. The van der Waals surface area contributed by atoms with E-state index in [2.05, 4.69) is 5.32 Å². The maximum Gasteiger partial charge on any atom is 0.0428 e. The largest absolute Gasteiger partial charge is 0.317 e. The van der Waals surface area contributed by atoms with Crippen molar-refractivity contribution >= 4 is 0 Å². The molecule has 0 fully saturated rings. The van der Waals surface area contributed by atoms with Crippen LogP contribution in [0.4, 0.5) is 0 Å². The van der Waals surface area contributed by atoms with Crippen LogP contribution in [-0.4, -0.2) is 13.0 Å². The first kappa shape index (κ1) is 1.47. The normalized spacial score (nSPS) is 30.1. The molecule has 0 atom stereocenters. The Labute approximate surface area is 55.9 Å². The molecule has 0 bridgehead atoms. The van der Waals surface area contributed by atoms with Gasteiger partial charge in [-0.25, -0.2) is 0 Å². The highest BCUT2D eigenvalue weighted by molar-refractivity contribution is 4.39. The first-order chi connectivity index (χ1) is 6.06. The first-order valence-corrected chi connectivity index (χ1v) is 2.31. The van der Waals surface area contributed by atoms with Crippen molar-refractivity contribution in [2.24, 2.45) is 0 Å².